The topological polar surface area (TPSA) is 46.6 Å². The van der Waals surface area contributed by atoms with E-state index in [1.807, 2.05) is 12.1 Å². The van der Waals surface area contributed by atoms with Crippen molar-refractivity contribution in [1.29, 1.82) is 0 Å². The smallest absolute Gasteiger partial charge is 0.231 e. The lowest BCUT2D eigenvalue weighted by molar-refractivity contribution is 0.174. The van der Waals surface area contributed by atoms with E-state index in [0.717, 1.165) is 28.6 Å². The molecule has 1 N–H and O–H groups in total. The summed E-state index contributed by atoms with van der Waals surface area (Å²) >= 11 is 1.71. The Labute approximate surface area is 145 Å². The Bertz CT molecular complexity index is 754. The molecule has 2 saturated heterocycles. The predicted molar refractivity (Wildman–Crippen MR) is 93.5 cm³/mol. The van der Waals surface area contributed by atoms with Gasteiger partial charge in [-0.3, -0.25) is 4.90 Å². The second-order valence-electron chi connectivity index (χ2n) is 7.10. The van der Waals surface area contributed by atoms with Crippen molar-refractivity contribution in [2.75, 3.05) is 33.0 Å². The van der Waals surface area contributed by atoms with Gasteiger partial charge in [-0.25, -0.2) is 4.98 Å². The fourth-order valence-electron chi connectivity index (χ4n) is 4.08. The van der Waals surface area contributed by atoms with E-state index >= 15 is 0 Å². The summed E-state index contributed by atoms with van der Waals surface area (Å²) in [5.41, 5.74) is 2.81. The molecule has 4 heterocycles. The molecule has 2 fully saturated rings. The lowest BCUT2D eigenvalue weighted by atomic mass is 9.87. The number of thiazole rings is 1. The molecule has 0 aliphatic carbocycles. The van der Waals surface area contributed by atoms with Crippen molar-refractivity contribution in [2.24, 2.45) is 5.41 Å². The minimum Gasteiger partial charge on any atom is -0.454 e. The van der Waals surface area contributed by atoms with Crippen LogP contribution in [0.3, 0.4) is 0 Å². The average molecular weight is 343 g/mol. The van der Waals surface area contributed by atoms with E-state index < -0.39 is 0 Å². The Hall–Kier alpha value is -1.63. The molecule has 5 rings (SSSR count). The Morgan fingerprint density at radius 1 is 1.25 bits per heavy atom. The zero-order chi connectivity index (χ0) is 16.0. The van der Waals surface area contributed by atoms with Gasteiger partial charge in [0.2, 0.25) is 6.79 Å². The molecule has 1 unspecified atom stereocenters. The molecular formula is C18H21N3O2S. The standard InChI is InChI=1S/C18H21N3O2S/c1-2-15-16(23-12-22-15)7-13(1)17-20-14(9-24-17)8-21-6-4-18(11-21)3-5-19-10-18/h1-2,7,9,19H,3-6,8,10-12H2. The van der Waals surface area contributed by atoms with E-state index in [-0.39, 0.29) is 0 Å². The molecule has 1 spiro atoms. The maximum atomic E-state index is 5.47. The van der Waals surface area contributed by atoms with Crippen molar-refractivity contribution in [3.8, 4) is 22.1 Å². The number of rotatable bonds is 3. The van der Waals surface area contributed by atoms with Gasteiger partial charge in [-0.2, -0.15) is 0 Å². The first-order valence-corrected chi connectivity index (χ1v) is 9.45. The summed E-state index contributed by atoms with van der Waals surface area (Å²) in [5, 5.41) is 6.77. The van der Waals surface area contributed by atoms with Crippen LogP contribution in [0.1, 0.15) is 18.5 Å². The molecule has 1 aromatic carbocycles. The summed E-state index contributed by atoms with van der Waals surface area (Å²) in [4.78, 5) is 7.41. The molecule has 5 nitrogen and oxygen atoms in total. The van der Waals surface area contributed by atoms with Gasteiger partial charge in [-0.15, -0.1) is 11.3 Å². The SMILES string of the molecule is c1cc2c(cc1-c1nc(CN3CCC4(CCNC4)C3)cs1)OCO2. The fraction of sp³-hybridized carbons (Fsp3) is 0.500. The highest BCUT2D eigenvalue weighted by Gasteiger charge is 2.40. The third-order valence-electron chi connectivity index (χ3n) is 5.41. The van der Waals surface area contributed by atoms with E-state index in [0.29, 0.717) is 12.2 Å². The summed E-state index contributed by atoms with van der Waals surface area (Å²) in [6.07, 6.45) is 2.64. The minimum atomic E-state index is 0.313. The van der Waals surface area contributed by atoms with Gasteiger partial charge in [0.1, 0.15) is 5.01 Å². The van der Waals surface area contributed by atoms with Gasteiger partial charge in [0.25, 0.3) is 0 Å². The van der Waals surface area contributed by atoms with Crippen molar-refractivity contribution in [3.05, 3.63) is 29.3 Å². The molecule has 0 bridgehead atoms. The third kappa shape index (κ3) is 2.59. The van der Waals surface area contributed by atoms with Crippen LogP contribution < -0.4 is 14.8 Å². The number of hydrogen-bond acceptors (Lipinski definition) is 6. The van der Waals surface area contributed by atoms with Gasteiger partial charge < -0.3 is 14.8 Å². The van der Waals surface area contributed by atoms with Gasteiger partial charge in [-0.05, 0) is 49.5 Å². The Morgan fingerprint density at radius 2 is 2.21 bits per heavy atom. The second kappa shape index (κ2) is 5.72. The quantitative estimate of drug-likeness (QED) is 0.928. The molecule has 0 radical (unpaired) electrons. The summed E-state index contributed by atoms with van der Waals surface area (Å²) < 4.78 is 10.8. The fourth-order valence-corrected chi connectivity index (χ4v) is 4.89. The molecule has 0 amide bonds. The van der Waals surface area contributed by atoms with Crippen LogP contribution in [0, 0.1) is 5.41 Å². The van der Waals surface area contributed by atoms with Gasteiger partial charge in [0, 0.05) is 30.6 Å². The van der Waals surface area contributed by atoms with Crippen molar-refractivity contribution in [2.45, 2.75) is 19.4 Å². The number of likely N-dealkylation sites (tertiary alicyclic amines) is 1. The normalized spacial score (nSPS) is 25.8. The Kier molecular flexibility index (Phi) is 3.50. The number of fused-ring (bicyclic) bond motifs is 1. The molecule has 1 aromatic heterocycles. The van der Waals surface area contributed by atoms with Gasteiger partial charge >= 0.3 is 0 Å². The molecule has 6 heteroatoms. The molecule has 3 aliphatic rings. The highest BCUT2D eigenvalue weighted by atomic mass is 32.1. The van der Waals surface area contributed by atoms with Crippen LogP contribution in [0.25, 0.3) is 10.6 Å². The first-order valence-electron chi connectivity index (χ1n) is 8.57. The lowest BCUT2D eigenvalue weighted by Gasteiger charge is -2.22. The molecule has 3 aliphatic heterocycles. The lowest BCUT2D eigenvalue weighted by Crippen LogP contribution is -2.29. The van der Waals surface area contributed by atoms with E-state index in [2.05, 4.69) is 21.7 Å². The largest absolute Gasteiger partial charge is 0.454 e. The maximum Gasteiger partial charge on any atom is 0.231 e. The average Bonchev–Trinajstić information content (AvgIpc) is 3.37. The summed E-state index contributed by atoms with van der Waals surface area (Å²) in [6, 6.07) is 6.06. The van der Waals surface area contributed by atoms with Crippen LogP contribution in [-0.4, -0.2) is 42.9 Å². The van der Waals surface area contributed by atoms with Crippen LogP contribution in [-0.2, 0) is 6.54 Å². The summed E-state index contributed by atoms with van der Waals surface area (Å²) in [7, 11) is 0. The number of hydrogen-bond donors (Lipinski definition) is 1. The van der Waals surface area contributed by atoms with Crippen LogP contribution in [0.2, 0.25) is 0 Å². The molecular weight excluding hydrogens is 322 g/mol. The number of ether oxygens (including phenoxy) is 2. The molecule has 126 valence electrons. The monoisotopic (exact) mass is 343 g/mol. The van der Waals surface area contributed by atoms with Crippen LogP contribution in [0.15, 0.2) is 23.6 Å². The zero-order valence-electron chi connectivity index (χ0n) is 13.6. The molecule has 0 saturated carbocycles. The van der Waals surface area contributed by atoms with Crippen molar-refractivity contribution >= 4 is 11.3 Å². The van der Waals surface area contributed by atoms with Crippen molar-refractivity contribution in [3.63, 3.8) is 0 Å². The second-order valence-corrected chi connectivity index (χ2v) is 7.96. The van der Waals surface area contributed by atoms with Gasteiger partial charge in [0.05, 0.1) is 5.69 Å². The highest BCUT2D eigenvalue weighted by Crippen LogP contribution is 2.38. The summed E-state index contributed by atoms with van der Waals surface area (Å²) in [5.74, 6) is 1.64. The first kappa shape index (κ1) is 14.7. The van der Waals surface area contributed by atoms with Crippen molar-refractivity contribution < 1.29 is 9.47 Å². The summed E-state index contributed by atoms with van der Waals surface area (Å²) in [6.45, 7) is 6.04. The molecule has 1 atom stereocenters. The number of benzene rings is 1. The third-order valence-corrected chi connectivity index (χ3v) is 6.35. The first-order chi connectivity index (χ1) is 11.8. The highest BCUT2D eigenvalue weighted by molar-refractivity contribution is 7.13. The number of nitrogens with zero attached hydrogens (tertiary/aromatic N) is 2. The van der Waals surface area contributed by atoms with E-state index in [1.54, 1.807) is 11.3 Å². The molecule has 24 heavy (non-hydrogen) atoms. The van der Waals surface area contributed by atoms with E-state index in [9.17, 15) is 0 Å². The number of aromatic nitrogens is 1. The van der Waals surface area contributed by atoms with Crippen LogP contribution >= 0.6 is 11.3 Å². The Morgan fingerprint density at radius 3 is 3.12 bits per heavy atom. The Balaban J connectivity index is 1.29. The maximum absolute atomic E-state index is 5.47. The minimum absolute atomic E-state index is 0.313. The van der Waals surface area contributed by atoms with Gasteiger partial charge in [-0.1, -0.05) is 0 Å². The van der Waals surface area contributed by atoms with Gasteiger partial charge in [0.15, 0.2) is 11.5 Å². The van der Waals surface area contributed by atoms with Crippen LogP contribution in [0.4, 0.5) is 0 Å². The van der Waals surface area contributed by atoms with Crippen molar-refractivity contribution in [1.82, 2.24) is 15.2 Å². The predicted octanol–water partition coefficient (Wildman–Crippen LogP) is 2.72. The van der Waals surface area contributed by atoms with E-state index in [1.165, 1.54) is 44.7 Å². The number of nitrogens with one attached hydrogen (secondary N) is 1. The van der Waals surface area contributed by atoms with Crippen LogP contribution in [0.5, 0.6) is 11.5 Å². The van der Waals surface area contributed by atoms with E-state index in [4.69, 9.17) is 14.5 Å². The molecule has 2 aromatic rings. The zero-order valence-corrected chi connectivity index (χ0v) is 14.4.